The number of amides is 1. The van der Waals surface area contributed by atoms with Gasteiger partial charge in [-0.25, -0.2) is 8.78 Å². The van der Waals surface area contributed by atoms with Crippen LogP contribution in [0.15, 0.2) is 72.8 Å². The van der Waals surface area contributed by atoms with Gasteiger partial charge in [-0.3, -0.25) is 4.79 Å². The average Bonchev–Trinajstić information content (AvgIpc) is 2.66. The predicted molar refractivity (Wildman–Crippen MR) is 97.0 cm³/mol. The molecule has 0 aromatic heterocycles. The summed E-state index contributed by atoms with van der Waals surface area (Å²) >= 11 is 0. The number of rotatable bonds is 5. The first-order valence-electron chi connectivity index (χ1n) is 8.11. The number of benzene rings is 3. The van der Waals surface area contributed by atoms with E-state index in [0.29, 0.717) is 5.75 Å². The van der Waals surface area contributed by atoms with Crippen molar-refractivity contribution in [3.63, 3.8) is 0 Å². The minimum atomic E-state index is -0.875. The normalized spacial score (nSPS) is 11.7. The summed E-state index contributed by atoms with van der Waals surface area (Å²) in [6, 6.07) is 20.0. The van der Waals surface area contributed by atoms with Gasteiger partial charge >= 0.3 is 0 Å². The average molecular weight is 353 g/mol. The lowest BCUT2D eigenvalue weighted by molar-refractivity contribution is -0.122. The zero-order valence-corrected chi connectivity index (χ0v) is 14.1. The maximum atomic E-state index is 13.6. The van der Waals surface area contributed by atoms with Crippen molar-refractivity contribution in [1.82, 2.24) is 0 Å². The molecule has 0 aliphatic heterocycles. The topological polar surface area (TPSA) is 38.3 Å². The van der Waals surface area contributed by atoms with Crippen molar-refractivity contribution >= 4 is 11.6 Å². The van der Waals surface area contributed by atoms with Gasteiger partial charge < -0.3 is 10.1 Å². The van der Waals surface area contributed by atoms with Crippen molar-refractivity contribution < 1.29 is 18.3 Å². The lowest BCUT2D eigenvalue weighted by atomic mass is 10.1. The van der Waals surface area contributed by atoms with Gasteiger partial charge in [0.2, 0.25) is 0 Å². The maximum Gasteiger partial charge on any atom is 0.265 e. The van der Waals surface area contributed by atoms with Gasteiger partial charge in [-0.1, -0.05) is 42.5 Å². The summed E-state index contributed by atoms with van der Waals surface area (Å²) < 4.78 is 32.4. The van der Waals surface area contributed by atoms with Crippen LogP contribution in [-0.2, 0) is 4.79 Å². The number of ether oxygens (including phenoxy) is 1. The summed E-state index contributed by atoms with van der Waals surface area (Å²) in [6.45, 7) is 1.54. The molecule has 0 aliphatic rings. The molecule has 0 fully saturated rings. The highest BCUT2D eigenvalue weighted by Crippen LogP contribution is 2.23. The van der Waals surface area contributed by atoms with E-state index in [2.05, 4.69) is 5.32 Å². The van der Waals surface area contributed by atoms with Gasteiger partial charge in [0.25, 0.3) is 5.91 Å². The van der Waals surface area contributed by atoms with Gasteiger partial charge in [-0.2, -0.15) is 0 Å². The van der Waals surface area contributed by atoms with Crippen LogP contribution in [0.4, 0.5) is 14.5 Å². The van der Waals surface area contributed by atoms with E-state index in [4.69, 9.17) is 4.74 Å². The number of hydrogen-bond donors (Lipinski definition) is 1. The second-order valence-electron chi connectivity index (χ2n) is 5.76. The molecule has 0 saturated heterocycles. The van der Waals surface area contributed by atoms with Crippen LogP contribution in [0.1, 0.15) is 6.92 Å². The van der Waals surface area contributed by atoms with E-state index in [1.54, 1.807) is 12.1 Å². The molecule has 26 heavy (non-hydrogen) atoms. The molecular formula is C21H17F2NO2. The highest BCUT2D eigenvalue weighted by atomic mass is 19.1. The molecule has 132 valence electrons. The Kier molecular flexibility index (Phi) is 5.27. The van der Waals surface area contributed by atoms with Crippen LogP contribution in [0.5, 0.6) is 5.75 Å². The molecule has 3 rings (SSSR count). The Bertz CT molecular complexity index is 896. The molecule has 0 radical (unpaired) electrons. The van der Waals surface area contributed by atoms with Gasteiger partial charge in [0.15, 0.2) is 6.10 Å². The summed E-state index contributed by atoms with van der Waals surface area (Å²) in [4.78, 5) is 12.1. The van der Waals surface area contributed by atoms with Gasteiger partial charge in [-0.05, 0) is 42.3 Å². The second-order valence-corrected chi connectivity index (χ2v) is 5.76. The monoisotopic (exact) mass is 353 g/mol. The van der Waals surface area contributed by atoms with Gasteiger partial charge in [0, 0.05) is 6.07 Å². The number of halogens is 2. The highest BCUT2D eigenvalue weighted by Gasteiger charge is 2.17. The molecule has 0 spiro atoms. The third-order valence-corrected chi connectivity index (χ3v) is 3.83. The summed E-state index contributed by atoms with van der Waals surface area (Å²) in [5.41, 5.74) is 1.88. The molecule has 5 heteroatoms. The molecule has 0 bridgehead atoms. The minimum Gasteiger partial charge on any atom is -0.481 e. The summed E-state index contributed by atoms with van der Waals surface area (Å²) in [5, 5.41) is 2.33. The number of hydrogen-bond acceptors (Lipinski definition) is 2. The van der Waals surface area contributed by atoms with Crippen LogP contribution >= 0.6 is 0 Å². The molecular weight excluding hydrogens is 336 g/mol. The van der Waals surface area contributed by atoms with Gasteiger partial charge in [-0.15, -0.1) is 0 Å². The molecule has 1 amide bonds. The molecule has 1 unspecified atom stereocenters. The summed E-state index contributed by atoms with van der Waals surface area (Å²) in [6.07, 6.45) is -0.875. The van der Waals surface area contributed by atoms with E-state index in [9.17, 15) is 13.6 Å². The van der Waals surface area contributed by atoms with Crippen LogP contribution in [-0.4, -0.2) is 12.0 Å². The van der Waals surface area contributed by atoms with Crippen LogP contribution in [0.2, 0.25) is 0 Å². The quantitative estimate of drug-likeness (QED) is 0.698. The molecule has 1 N–H and O–H groups in total. The summed E-state index contributed by atoms with van der Waals surface area (Å²) in [7, 11) is 0. The number of nitrogens with one attached hydrogen (secondary N) is 1. The van der Waals surface area contributed by atoms with Crippen LogP contribution in [0.25, 0.3) is 11.1 Å². The highest BCUT2D eigenvalue weighted by molar-refractivity contribution is 5.94. The van der Waals surface area contributed by atoms with Crippen molar-refractivity contribution in [1.29, 1.82) is 0 Å². The first kappa shape index (κ1) is 17.6. The van der Waals surface area contributed by atoms with E-state index in [1.807, 2.05) is 42.5 Å². The molecule has 3 aromatic carbocycles. The zero-order chi connectivity index (χ0) is 18.5. The third-order valence-electron chi connectivity index (χ3n) is 3.83. The molecule has 0 saturated carbocycles. The largest absolute Gasteiger partial charge is 0.481 e. The van der Waals surface area contributed by atoms with Gasteiger partial charge in [0.1, 0.15) is 17.4 Å². The first-order valence-corrected chi connectivity index (χ1v) is 8.11. The van der Waals surface area contributed by atoms with Crippen molar-refractivity contribution in [3.05, 3.63) is 84.4 Å². The van der Waals surface area contributed by atoms with Crippen molar-refractivity contribution in [2.45, 2.75) is 13.0 Å². The lowest BCUT2D eigenvalue weighted by Gasteiger charge is -2.15. The fourth-order valence-corrected chi connectivity index (χ4v) is 2.44. The zero-order valence-electron chi connectivity index (χ0n) is 14.1. The Morgan fingerprint density at radius 1 is 0.923 bits per heavy atom. The smallest absolute Gasteiger partial charge is 0.265 e. The summed E-state index contributed by atoms with van der Waals surface area (Å²) in [5.74, 6) is -1.40. The Morgan fingerprint density at radius 3 is 2.27 bits per heavy atom. The fourth-order valence-electron chi connectivity index (χ4n) is 2.44. The van der Waals surface area contributed by atoms with E-state index in [-0.39, 0.29) is 5.69 Å². The third kappa shape index (κ3) is 4.25. The van der Waals surface area contributed by atoms with Crippen LogP contribution in [0, 0.1) is 11.6 Å². The maximum absolute atomic E-state index is 13.6. The fraction of sp³-hybridized carbons (Fsp3) is 0.0952. The van der Waals surface area contributed by atoms with Crippen molar-refractivity contribution in [3.8, 4) is 16.9 Å². The van der Waals surface area contributed by atoms with E-state index >= 15 is 0 Å². The van der Waals surface area contributed by atoms with E-state index in [1.165, 1.54) is 6.92 Å². The lowest BCUT2D eigenvalue weighted by Crippen LogP contribution is -2.30. The molecule has 1 atom stereocenters. The standard InChI is InChI=1S/C21H17F2NO2/c1-14(21(25)24-20-13-17(22)9-12-19(20)23)26-18-10-7-16(8-11-18)15-5-3-2-4-6-15/h2-14H,1H3,(H,24,25). The van der Waals surface area contributed by atoms with Crippen LogP contribution < -0.4 is 10.1 Å². The molecule has 3 nitrogen and oxygen atoms in total. The first-order chi connectivity index (χ1) is 12.5. The Hall–Kier alpha value is -3.21. The van der Waals surface area contributed by atoms with Crippen molar-refractivity contribution in [2.75, 3.05) is 5.32 Å². The molecule has 3 aromatic rings. The molecule has 0 aliphatic carbocycles. The number of carbonyl (C=O) groups is 1. The predicted octanol–water partition coefficient (Wildman–Crippen LogP) is 5.04. The number of carbonyl (C=O) groups excluding carboxylic acids is 1. The van der Waals surface area contributed by atoms with E-state index in [0.717, 1.165) is 29.3 Å². The Morgan fingerprint density at radius 2 is 1.58 bits per heavy atom. The van der Waals surface area contributed by atoms with Crippen LogP contribution in [0.3, 0.4) is 0 Å². The Labute approximate surface area is 150 Å². The minimum absolute atomic E-state index is 0.218. The van der Waals surface area contributed by atoms with Crippen molar-refractivity contribution in [2.24, 2.45) is 0 Å². The SMILES string of the molecule is CC(Oc1ccc(-c2ccccc2)cc1)C(=O)Nc1cc(F)ccc1F. The second kappa shape index (κ2) is 7.78. The number of anilines is 1. The Balaban J connectivity index is 1.64. The van der Waals surface area contributed by atoms with Gasteiger partial charge in [0.05, 0.1) is 5.69 Å². The van der Waals surface area contributed by atoms with E-state index < -0.39 is 23.6 Å². The molecule has 0 heterocycles.